The summed E-state index contributed by atoms with van der Waals surface area (Å²) in [5, 5.41) is 3.11. The van der Waals surface area contributed by atoms with Gasteiger partial charge in [0.1, 0.15) is 5.82 Å². The van der Waals surface area contributed by atoms with Crippen molar-refractivity contribution in [3.05, 3.63) is 23.9 Å². The van der Waals surface area contributed by atoms with E-state index in [0.717, 1.165) is 18.7 Å². The highest BCUT2D eigenvalue weighted by Crippen LogP contribution is 2.23. The molecule has 110 valence electrons. The quantitative estimate of drug-likeness (QED) is 0.872. The van der Waals surface area contributed by atoms with Crippen LogP contribution in [0.5, 0.6) is 0 Å². The molecule has 1 saturated carbocycles. The van der Waals surface area contributed by atoms with Gasteiger partial charge < -0.3 is 16.0 Å². The fraction of sp³-hybridized carbons (Fsp3) is 0.600. The van der Waals surface area contributed by atoms with Crippen molar-refractivity contribution >= 4 is 11.7 Å². The molecule has 0 aromatic carbocycles. The first kappa shape index (κ1) is 14.8. The van der Waals surface area contributed by atoms with Gasteiger partial charge in [-0.1, -0.05) is 12.8 Å². The average molecular weight is 276 g/mol. The standard InChI is InChI=1S/C15H24N4O/c1-19(2)14-8-7-12(10-17-14)15(20)18-13-6-4-3-5-11(13)9-16/h7-8,10-11,13H,3-6,9,16H2,1-2H3,(H,18,20). The summed E-state index contributed by atoms with van der Waals surface area (Å²) in [4.78, 5) is 18.4. The molecule has 0 radical (unpaired) electrons. The van der Waals surface area contributed by atoms with E-state index >= 15 is 0 Å². The monoisotopic (exact) mass is 276 g/mol. The number of pyridine rings is 1. The zero-order valence-electron chi connectivity index (χ0n) is 12.3. The molecule has 3 N–H and O–H groups in total. The lowest BCUT2D eigenvalue weighted by molar-refractivity contribution is 0.0907. The topological polar surface area (TPSA) is 71.2 Å². The minimum absolute atomic E-state index is 0.0480. The molecule has 1 amide bonds. The number of nitrogens with two attached hydrogens (primary N) is 1. The molecule has 1 fully saturated rings. The van der Waals surface area contributed by atoms with Crippen molar-refractivity contribution in [3.8, 4) is 0 Å². The number of amides is 1. The van der Waals surface area contributed by atoms with Crippen molar-refractivity contribution in [1.29, 1.82) is 0 Å². The van der Waals surface area contributed by atoms with Gasteiger partial charge in [-0.05, 0) is 37.4 Å². The molecule has 1 aliphatic rings. The lowest BCUT2D eigenvalue weighted by Crippen LogP contribution is -2.44. The zero-order chi connectivity index (χ0) is 14.5. The molecule has 1 aromatic rings. The molecular formula is C15H24N4O. The third-order valence-electron chi connectivity index (χ3n) is 4.00. The Morgan fingerprint density at radius 3 is 2.75 bits per heavy atom. The molecule has 1 heterocycles. The second-order valence-corrected chi connectivity index (χ2v) is 5.66. The van der Waals surface area contributed by atoms with Gasteiger partial charge in [-0.3, -0.25) is 4.79 Å². The van der Waals surface area contributed by atoms with Crippen LogP contribution in [0.2, 0.25) is 0 Å². The van der Waals surface area contributed by atoms with Gasteiger partial charge in [-0.15, -0.1) is 0 Å². The minimum atomic E-state index is -0.0480. The summed E-state index contributed by atoms with van der Waals surface area (Å²) >= 11 is 0. The normalized spacial score (nSPS) is 22.4. The van der Waals surface area contributed by atoms with Crippen LogP contribution in [0.3, 0.4) is 0 Å². The Morgan fingerprint density at radius 1 is 1.40 bits per heavy atom. The number of rotatable bonds is 4. The van der Waals surface area contributed by atoms with Crippen LogP contribution in [0.1, 0.15) is 36.0 Å². The van der Waals surface area contributed by atoms with E-state index in [1.807, 2.05) is 31.1 Å². The van der Waals surface area contributed by atoms with Crippen molar-refractivity contribution in [2.24, 2.45) is 11.7 Å². The first-order valence-corrected chi connectivity index (χ1v) is 7.26. The predicted molar refractivity (Wildman–Crippen MR) is 80.8 cm³/mol. The molecule has 5 heteroatoms. The second kappa shape index (κ2) is 6.70. The third-order valence-corrected chi connectivity index (χ3v) is 4.00. The van der Waals surface area contributed by atoms with Crippen LogP contribution in [0, 0.1) is 5.92 Å². The Labute approximate surface area is 120 Å². The number of hydrogen-bond acceptors (Lipinski definition) is 4. The molecule has 20 heavy (non-hydrogen) atoms. The second-order valence-electron chi connectivity index (χ2n) is 5.66. The number of anilines is 1. The molecule has 2 unspecified atom stereocenters. The molecule has 0 spiro atoms. The van der Waals surface area contributed by atoms with Crippen LogP contribution in [0.15, 0.2) is 18.3 Å². The fourth-order valence-electron chi connectivity index (χ4n) is 2.72. The van der Waals surface area contributed by atoms with Crippen LogP contribution >= 0.6 is 0 Å². The summed E-state index contributed by atoms with van der Waals surface area (Å²) in [5.41, 5.74) is 6.40. The summed E-state index contributed by atoms with van der Waals surface area (Å²) in [5.74, 6) is 1.20. The van der Waals surface area contributed by atoms with Gasteiger partial charge in [0, 0.05) is 26.3 Å². The van der Waals surface area contributed by atoms with Crippen LogP contribution in [-0.4, -0.2) is 37.6 Å². The number of aromatic nitrogens is 1. The Kier molecular flexibility index (Phi) is 4.95. The maximum absolute atomic E-state index is 12.3. The van der Waals surface area contributed by atoms with Gasteiger partial charge in [0.15, 0.2) is 0 Å². The van der Waals surface area contributed by atoms with E-state index < -0.39 is 0 Å². The third kappa shape index (κ3) is 3.48. The number of nitrogens with one attached hydrogen (secondary N) is 1. The maximum Gasteiger partial charge on any atom is 0.253 e. The Hall–Kier alpha value is -1.62. The van der Waals surface area contributed by atoms with Crippen LogP contribution in [0.25, 0.3) is 0 Å². The summed E-state index contributed by atoms with van der Waals surface area (Å²) in [6.45, 7) is 0.642. The molecular weight excluding hydrogens is 252 g/mol. The van der Waals surface area contributed by atoms with E-state index in [-0.39, 0.29) is 11.9 Å². The minimum Gasteiger partial charge on any atom is -0.363 e. The highest BCUT2D eigenvalue weighted by Gasteiger charge is 2.25. The van der Waals surface area contributed by atoms with E-state index in [9.17, 15) is 4.79 Å². The SMILES string of the molecule is CN(C)c1ccc(C(=O)NC2CCCCC2CN)cn1. The highest BCUT2D eigenvalue weighted by atomic mass is 16.1. The fourth-order valence-corrected chi connectivity index (χ4v) is 2.72. The molecule has 5 nitrogen and oxygen atoms in total. The van der Waals surface area contributed by atoms with Crippen molar-refractivity contribution in [2.45, 2.75) is 31.7 Å². The zero-order valence-corrected chi connectivity index (χ0v) is 12.3. The number of nitrogens with zero attached hydrogens (tertiary/aromatic N) is 2. The molecule has 1 aromatic heterocycles. The number of carbonyl (C=O) groups excluding carboxylic acids is 1. The Bertz CT molecular complexity index is 444. The van der Waals surface area contributed by atoms with Gasteiger partial charge in [0.2, 0.25) is 0 Å². The predicted octanol–water partition coefficient (Wildman–Crippen LogP) is 1.39. The van der Waals surface area contributed by atoms with Gasteiger partial charge in [0.25, 0.3) is 5.91 Å². The number of hydrogen-bond donors (Lipinski definition) is 2. The average Bonchev–Trinajstić information content (AvgIpc) is 2.48. The lowest BCUT2D eigenvalue weighted by Gasteiger charge is -2.31. The Balaban J connectivity index is 2.00. The number of carbonyl (C=O) groups is 1. The van der Waals surface area contributed by atoms with E-state index in [2.05, 4.69) is 10.3 Å². The van der Waals surface area contributed by atoms with Crippen LogP contribution < -0.4 is 16.0 Å². The molecule has 0 saturated heterocycles. The summed E-state index contributed by atoms with van der Waals surface area (Å²) < 4.78 is 0. The maximum atomic E-state index is 12.3. The summed E-state index contributed by atoms with van der Waals surface area (Å²) in [6, 6.07) is 3.88. The molecule has 1 aliphatic carbocycles. The van der Waals surface area contributed by atoms with Gasteiger partial charge >= 0.3 is 0 Å². The van der Waals surface area contributed by atoms with E-state index in [4.69, 9.17) is 5.73 Å². The largest absolute Gasteiger partial charge is 0.363 e. The van der Waals surface area contributed by atoms with Crippen LogP contribution in [-0.2, 0) is 0 Å². The highest BCUT2D eigenvalue weighted by molar-refractivity contribution is 5.94. The summed E-state index contributed by atoms with van der Waals surface area (Å²) in [6.07, 6.45) is 6.15. The first-order chi connectivity index (χ1) is 9.61. The molecule has 2 rings (SSSR count). The van der Waals surface area contributed by atoms with Crippen molar-refractivity contribution in [1.82, 2.24) is 10.3 Å². The van der Waals surface area contributed by atoms with Crippen molar-refractivity contribution in [3.63, 3.8) is 0 Å². The van der Waals surface area contributed by atoms with E-state index in [0.29, 0.717) is 18.0 Å². The van der Waals surface area contributed by atoms with E-state index in [1.54, 1.807) is 6.20 Å². The van der Waals surface area contributed by atoms with Crippen molar-refractivity contribution in [2.75, 3.05) is 25.5 Å². The molecule has 0 bridgehead atoms. The molecule has 2 atom stereocenters. The van der Waals surface area contributed by atoms with Gasteiger partial charge in [-0.2, -0.15) is 0 Å². The molecule has 0 aliphatic heterocycles. The van der Waals surface area contributed by atoms with Gasteiger partial charge in [-0.25, -0.2) is 4.98 Å². The van der Waals surface area contributed by atoms with Crippen molar-refractivity contribution < 1.29 is 4.79 Å². The van der Waals surface area contributed by atoms with Crippen LogP contribution in [0.4, 0.5) is 5.82 Å². The first-order valence-electron chi connectivity index (χ1n) is 7.26. The Morgan fingerprint density at radius 2 is 2.15 bits per heavy atom. The lowest BCUT2D eigenvalue weighted by atomic mass is 9.84. The smallest absolute Gasteiger partial charge is 0.253 e. The van der Waals surface area contributed by atoms with Gasteiger partial charge in [0.05, 0.1) is 5.56 Å². The summed E-state index contributed by atoms with van der Waals surface area (Å²) in [7, 11) is 3.85. The van der Waals surface area contributed by atoms with E-state index in [1.165, 1.54) is 12.8 Å².